The second kappa shape index (κ2) is 11.1. The third kappa shape index (κ3) is 5.43. The molecule has 1 saturated carbocycles. The molecule has 2 aliphatic heterocycles. The van der Waals surface area contributed by atoms with Crippen LogP contribution in [0.4, 0.5) is 0 Å². The van der Waals surface area contributed by atoms with E-state index in [0.29, 0.717) is 45.2 Å². The van der Waals surface area contributed by atoms with E-state index in [4.69, 9.17) is 25.8 Å². The molecule has 3 aliphatic rings. The summed E-state index contributed by atoms with van der Waals surface area (Å²) in [4.78, 5) is 29.3. The van der Waals surface area contributed by atoms with Crippen molar-refractivity contribution in [3.8, 4) is 11.5 Å². The van der Waals surface area contributed by atoms with Crippen molar-refractivity contribution < 1.29 is 19.0 Å². The van der Waals surface area contributed by atoms with Gasteiger partial charge in [-0.05, 0) is 70.4 Å². The summed E-state index contributed by atoms with van der Waals surface area (Å²) < 4.78 is 18.1. The molecule has 38 heavy (non-hydrogen) atoms. The highest BCUT2D eigenvalue weighted by molar-refractivity contribution is 7.98. The third-order valence-electron chi connectivity index (χ3n) is 8.09. The van der Waals surface area contributed by atoms with E-state index in [-0.39, 0.29) is 23.9 Å². The zero-order valence-electron chi connectivity index (χ0n) is 22.4. The minimum atomic E-state index is -0.825. The zero-order valence-corrected chi connectivity index (χ0v) is 23.9. The normalized spacial score (nSPS) is 24.8. The van der Waals surface area contributed by atoms with Crippen molar-refractivity contribution in [2.24, 2.45) is 11.8 Å². The molecule has 0 bridgehead atoms. The number of ether oxygens (including phenoxy) is 3. The Hall–Kier alpha value is -2.20. The minimum Gasteiger partial charge on any atom is -0.448 e. The van der Waals surface area contributed by atoms with Gasteiger partial charge in [-0.3, -0.25) is 9.59 Å². The van der Waals surface area contributed by atoms with E-state index in [1.807, 2.05) is 33.1 Å². The Labute approximate surface area is 232 Å². The Bertz CT molecular complexity index is 1270. The Kier molecular flexibility index (Phi) is 8.01. The highest BCUT2D eigenvalue weighted by Crippen LogP contribution is 2.51. The summed E-state index contributed by atoms with van der Waals surface area (Å²) in [5, 5.41) is 6.83. The van der Waals surface area contributed by atoms with E-state index >= 15 is 0 Å². The minimum absolute atomic E-state index is 0.111. The van der Waals surface area contributed by atoms with E-state index in [9.17, 15) is 9.59 Å². The number of pyridine rings is 1. The number of halogens is 1. The molecule has 2 fully saturated rings. The van der Waals surface area contributed by atoms with Gasteiger partial charge >= 0.3 is 0 Å². The van der Waals surface area contributed by atoms with Gasteiger partial charge in [0.15, 0.2) is 11.5 Å². The Morgan fingerprint density at radius 2 is 1.87 bits per heavy atom. The number of fused-ring (bicyclic) bond motifs is 1. The molecule has 0 spiro atoms. The van der Waals surface area contributed by atoms with Crippen LogP contribution in [0.25, 0.3) is 0 Å². The van der Waals surface area contributed by atoms with Crippen LogP contribution in [0.2, 0.25) is 5.02 Å². The molecule has 0 unspecified atom stereocenters. The molecule has 5 rings (SSSR count). The van der Waals surface area contributed by atoms with Crippen LogP contribution in [0.15, 0.2) is 21.8 Å². The lowest BCUT2D eigenvalue weighted by Crippen LogP contribution is -2.49. The number of aryl methyl sites for hydroxylation is 1. The van der Waals surface area contributed by atoms with Crippen LogP contribution in [0.3, 0.4) is 0 Å². The smallest absolute Gasteiger partial charge is 0.254 e. The van der Waals surface area contributed by atoms with Crippen LogP contribution < -0.4 is 25.7 Å². The fraction of sp³-hybridized carbons (Fsp3) is 0.571. The van der Waals surface area contributed by atoms with Gasteiger partial charge in [-0.2, -0.15) is 0 Å². The van der Waals surface area contributed by atoms with Crippen LogP contribution in [0.1, 0.15) is 59.8 Å². The lowest BCUT2D eigenvalue weighted by molar-refractivity contribution is -0.123. The van der Waals surface area contributed by atoms with Gasteiger partial charge in [0.2, 0.25) is 0 Å². The quantitative estimate of drug-likeness (QED) is 0.405. The SMILES string of the molecule is CSc1cc(C)[nH]c(=O)c1CNC(=O)c1cc(Cl)c2c(c1C)O[C@@](C)([C@H]1CC[C@H](CNC3COC3)CC1)O2. The molecule has 10 heteroatoms. The molecular formula is C28H36ClN3O5S. The molecule has 8 nitrogen and oxygen atoms in total. The van der Waals surface area contributed by atoms with Gasteiger partial charge in [0.1, 0.15) is 0 Å². The van der Waals surface area contributed by atoms with Crippen molar-refractivity contribution >= 4 is 29.3 Å². The van der Waals surface area contributed by atoms with Gasteiger partial charge in [-0.1, -0.05) is 11.6 Å². The lowest BCUT2D eigenvalue weighted by Gasteiger charge is -2.38. The number of aromatic nitrogens is 1. The van der Waals surface area contributed by atoms with Crippen molar-refractivity contribution in [2.75, 3.05) is 26.0 Å². The molecule has 3 heterocycles. The molecule has 1 aromatic carbocycles. The molecule has 2 aromatic rings. The van der Waals surface area contributed by atoms with Gasteiger partial charge in [-0.25, -0.2) is 0 Å². The first-order valence-electron chi connectivity index (χ1n) is 13.3. The number of H-pyrrole nitrogens is 1. The Morgan fingerprint density at radius 3 is 2.53 bits per heavy atom. The average Bonchev–Trinajstić information content (AvgIpc) is 3.24. The van der Waals surface area contributed by atoms with Crippen LogP contribution in [-0.4, -0.2) is 48.7 Å². The molecule has 0 radical (unpaired) electrons. The zero-order chi connectivity index (χ0) is 27.0. The first-order chi connectivity index (χ1) is 18.2. The van der Waals surface area contributed by atoms with Crippen molar-refractivity contribution in [3.63, 3.8) is 0 Å². The molecule has 1 atom stereocenters. The number of nitrogens with one attached hydrogen (secondary N) is 3. The molecule has 1 aromatic heterocycles. The molecule has 1 saturated heterocycles. The van der Waals surface area contributed by atoms with Crippen molar-refractivity contribution in [3.05, 3.63) is 49.9 Å². The monoisotopic (exact) mass is 561 g/mol. The number of carbonyl (C=O) groups is 1. The summed E-state index contributed by atoms with van der Waals surface area (Å²) in [5.74, 6) is 0.750. The number of aromatic amines is 1. The number of rotatable bonds is 8. The summed E-state index contributed by atoms with van der Waals surface area (Å²) >= 11 is 8.09. The molecule has 1 aliphatic carbocycles. The van der Waals surface area contributed by atoms with E-state index in [1.165, 1.54) is 11.8 Å². The highest BCUT2D eigenvalue weighted by atomic mass is 35.5. The first kappa shape index (κ1) is 27.4. The maximum Gasteiger partial charge on any atom is 0.254 e. The molecule has 206 valence electrons. The van der Waals surface area contributed by atoms with E-state index in [2.05, 4.69) is 15.6 Å². The van der Waals surface area contributed by atoms with Gasteiger partial charge in [0.05, 0.1) is 24.3 Å². The maximum atomic E-state index is 13.2. The predicted octanol–water partition coefficient (Wildman–Crippen LogP) is 4.58. The molecular weight excluding hydrogens is 526 g/mol. The van der Waals surface area contributed by atoms with Gasteiger partial charge in [0, 0.05) is 46.7 Å². The fourth-order valence-electron chi connectivity index (χ4n) is 5.63. The average molecular weight is 562 g/mol. The maximum absolute atomic E-state index is 13.2. The summed E-state index contributed by atoms with van der Waals surface area (Å²) in [6, 6.07) is 4.04. The van der Waals surface area contributed by atoms with Crippen LogP contribution >= 0.6 is 23.4 Å². The number of benzene rings is 1. The highest BCUT2D eigenvalue weighted by Gasteiger charge is 2.47. The first-order valence-corrected chi connectivity index (χ1v) is 14.9. The van der Waals surface area contributed by atoms with Crippen LogP contribution in [0, 0.1) is 25.7 Å². The van der Waals surface area contributed by atoms with Crippen molar-refractivity contribution in [1.82, 2.24) is 15.6 Å². The van der Waals surface area contributed by atoms with E-state index in [0.717, 1.165) is 56.0 Å². The summed E-state index contributed by atoms with van der Waals surface area (Å²) in [6.45, 7) is 8.43. The summed E-state index contributed by atoms with van der Waals surface area (Å²) in [6.07, 6.45) is 6.14. The predicted molar refractivity (Wildman–Crippen MR) is 149 cm³/mol. The van der Waals surface area contributed by atoms with Crippen molar-refractivity contribution in [2.45, 2.75) is 69.7 Å². The van der Waals surface area contributed by atoms with E-state index < -0.39 is 5.79 Å². The second-order valence-corrected chi connectivity index (χ2v) is 12.0. The molecule has 1 amide bonds. The van der Waals surface area contributed by atoms with Crippen molar-refractivity contribution in [1.29, 1.82) is 0 Å². The number of amides is 1. The summed E-state index contributed by atoms with van der Waals surface area (Å²) in [7, 11) is 0. The Morgan fingerprint density at radius 1 is 1.16 bits per heavy atom. The van der Waals surface area contributed by atoms with Gasteiger partial charge in [0.25, 0.3) is 17.3 Å². The topological polar surface area (TPSA) is 102 Å². The van der Waals surface area contributed by atoms with Crippen LogP contribution in [-0.2, 0) is 11.3 Å². The number of hydrogen-bond donors (Lipinski definition) is 3. The largest absolute Gasteiger partial charge is 0.448 e. The Balaban J connectivity index is 1.25. The number of carbonyl (C=O) groups excluding carboxylic acids is 1. The lowest BCUT2D eigenvalue weighted by atomic mass is 9.78. The standard InChI is InChI=1S/C28H36ClN3O5S/c1-15-9-23(38-4)21(27(34)32-15)12-31-26(33)20-10-22(29)25-24(16(20)2)36-28(3,37-25)18-7-5-17(6-8-18)11-30-19-13-35-14-19/h9-10,17-19,30H,5-8,11-14H2,1-4H3,(H,31,33)(H,32,34)/t17-,18-,28-/m1/s1. The second-order valence-electron chi connectivity index (χ2n) is 10.8. The molecule has 3 N–H and O–H groups in total. The fourth-order valence-corrected chi connectivity index (χ4v) is 6.57. The van der Waals surface area contributed by atoms with Crippen LogP contribution in [0.5, 0.6) is 11.5 Å². The van der Waals surface area contributed by atoms with Gasteiger partial charge < -0.3 is 29.8 Å². The summed E-state index contributed by atoms with van der Waals surface area (Å²) in [5.41, 5.74) is 2.19. The van der Waals surface area contributed by atoms with E-state index in [1.54, 1.807) is 6.07 Å². The van der Waals surface area contributed by atoms with Gasteiger partial charge in [-0.15, -0.1) is 11.8 Å². The number of hydrogen-bond acceptors (Lipinski definition) is 7. The third-order valence-corrected chi connectivity index (χ3v) is 9.17. The number of thioether (sulfide) groups is 1.